The molecule has 0 radical (unpaired) electrons. The number of aromatic nitrogens is 1. The molecule has 2 fully saturated rings. The molecule has 1 aliphatic heterocycles. The number of rotatable bonds is 7. The Morgan fingerprint density at radius 2 is 1.76 bits per heavy atom. The number of ether oxygens (including phenoxy) is 1. The number of amides is 2. The highest BCUT2D eigenvalue weighted by atomic mass is 16.5. The monoisotopic (exact) mass is 395 g/mol. The molecule has 2 aromatic rings. The molecule has 2 N–H and O–H groups in total. The zero-order valence-corrected chi connectivity index (χ0v) is 16.7. The Morgan fingerprint density at radius 1 is 1.00 bits per heavy atom. The summed E-state index contributed by atoms with van der Waals surface area (Å²) >= 11 is 0. The van der Waals surface area contributed by atoms with Crippen molar-refractivity contribution >= 4 is 22.7 Å². The molecule has 154 valence electrons. The summed E-state index contributed by atoms with van der Waals surface area (Å²) in [6.45, 7) is 1.15. The molecule has 2 amide bonds. The first-order valence-electron chi connectivity index (χ1n) is 10.7. The number of nitrogens with zero attached hydrogens (tertiary/aromatic N) is 1. The molecule has 4 rings (SSSR count). The smallest absolute Gasteiger partial charge is 0.220 e. The van der Waals surface area contributed by atoms with E-state index in [0.717, 1.165) is 30.2 Å². The Kier molecular flexibility index (Phi) is 6.39. The van der Waals surface area contributed by atoms with Crippen LogP contribution in [0, 0.1) is 5.92 Å². The fourth-order valence-electron chi connectivity index (χ4n) is 4.45. The van der Waals surface area contributed by atoms with Gasteiger partial charge in [-0.15, -0.1) is 0 Å². The van der Waals surface area contributed by atoms with Gasteiger partial charge in [0.1, 0.15) is 0 Å². The average Bonchev–Trinajstić information content (AvgIpc) is 3.39. The van der Waals surface area contributed by atoms with Crippen molar-refractivity contribution in [1.82, 2.24) is 15.6 Å². The largest absolute Gasteiger partial charge is 0.379 e. The van der Waals surface area contributed by atoms with Crippen molar-refractivity contribution in [2.45, 2.75) is 57.0 Å². The van der Waals surface area contributed by atoms with E-state index in [-0.39, 0.29) is 36.6 Å². The summed E-state index contributed by atoms with van der Waals surface area (Å²) in [6.07, 6.45) is 7.61. The van der Waals surface area contributed by atoms with Gasteiger partial charge in [0.05, 0.1) is 24.8 Å². The van der Waals surface area contributed by atoms with Gasteiger partial charge in [-0.25, -0.2) is 0 Å². The molecule has 1 saturated heterocycles. The zero-order chi connectivity index (χ0) is 20.1. The Balaban J connectivity index is 1.29. The first-order valence-corrected chi connectivity index (χ1v) is 10.7. The third-order valence-electron chi connectivity index (χ3n) is 6.07. The van der Waals surface area contributed by atoms with E-state index in [2.05, 4.69) is 21.7 Å². The quantitative estimate of drug-likeness (QED) is 0.755. The van der Waals surface area contributed by atoms with Crippen LogP contribution in [-0.4, -0.2) is 42.1 Å². The van der Waals surface area contributed by atoms with Crippen LogP contribution in [0.1, 0.15) is 44.1 Å². The van der Waals surface area contributed by atoms with Gasteiger partial charge in [0.15, 0.2) is 0 Å². The van der Waals surface area contributed by atoms with Crippen LogP contribution in [-0.2, 0) is 20.7 Å². The number of pyridine rings is 1. The lowest BCUT2D eigenvalue weighted by molar-refractivity contribution is -0.127. The van der Waals surface area contributed by atoms with Gasteiger partial charge in [0, 0.05) is 36.4 Å². The Bertz CT molecular complexity index is 858. The SMILES string of the molecule is O=C(CCC(=O)NC1COCC1Cc1ccnc2ccccc12)NC1CCCC1. The number of carbonyl (C=O) groups excluding carboxylic acids is 2. The van der Waals surface area contributed by atoms with Crippen LogP contribution in [0.3, 0.4) is 0 Å². The van der Waals surface area contributed by atoms with Gasteiger partial charge in [-0.3, -0.25) is 14.6 Å². The minimum Gasteiger partial charge on any atom is -0.379 e. The molecule has 6 nitrogen and oxygen atoms in total. The van der Waals surface area contributed by atoms with Gasteiger partial charge >= 0.3 is 0 Å². The van der Waals surface area contributed by atoms with E-state index in [1.54, 1.807) is 0 Å². The fourth-order valence-corrected chi connectivity index (χ4v) is 4.45. The Labute approximate surface area is 171 Å². The maximum absolute atomic E-state index is 12.4. The molecule has 2 unspecified atom stereocenters. The molecule has 6 heteroatoms. The van der Waals surface area contributed by atoms with Crippen molar-refractivity contribution in [3.8, 4) is 0 Å². The predicted octanol–water partition coefficient (Wildman–Crippen LogP) is 2.75. The van der Waals surface area contributed by atoms with E-state index in [9.17, 15) is 9.59 Å². The van der Waals surface area contributed by atoms with Gasteiger partial charge in [-0.1, -0.05) is 31.0 Å². The third-order valence-corrected chi connectivity index (χ3v) is 6.07. The van der Waals surface area contributed by atoms with Crippen LogP contribution < -0.4 is 10.6 Å². The van der Waals surface area contributed by atoms with E-state index in [0.29, 0.717) is 19.3 Å². The first-order chi connectivity index (χ1) is 14.2. The van der Waals surface area contributed by atoms with Crippen molar-refractivity contribution in [2.75, 3.05) is 13.2 Å². The van der Waals surface area contributed by atoms with Crippen LogP contribution >= 0.6 is 0 Å². The van der Waals surface area contributed by atoms with E-state index in [1.807, 2.05) is 30.5 Å². The highest BCUT2D eigenvalue weighted by Crippen LogP contribution is 2.24. The molecule has 2 heterocycles. The van der Waals surface area contributed by atoms with Gasteiger partial charge in [0.25, 0.3) is 0 Å². The Morgan fingerprint density at radius 3 is 2.59 bits per heavy atom. The van der Waals surface area contributed by atoms with Gasteiger partial charge in [0.2, 0.25) is 11.8 Å². The maximum Gasteiger partial charge on any atom is 0.220 e. The van der Waals surface area contributed by atoms with Crippen LogP contribution in [0.2, 0.25) is 0 Å². The molecule has 1 aromatic heterocycles. The summed E-state index contributed by atoms with van der Waals surface area (Å²) < 4.78 is 5.66. The minimum atomic E-state index is -0.0772. The first kappa shape index (κ1) is 19.8. The van der Waals surface area contributed by atoms with Gasteiger partial charge in [-0.05, 0) is 37.0 Å². The van der Waals surface area contributed by atoms with Crippen LogP contribution in [0.15, 0.2) is 36.5 Å². The molecule has 1 aromatic carbocycles. The number of nitrogens with one attached hydrogen (secondary N) is 2. The number of para-hydroxylation sites is 1. The second kappa shape index (κ2) is 9.35. The van der Waals surface area contributed by atoms with E-state index >= 15 is 0 Å². The molecule has 1 saturated carbocycles. The normalized spacial score (nSPS) is 22.1. The standard InChI is InChI=1S/C23H29N3O3/c27-22(25-18-5-1-2-6-18)9-10-23(28)26-21-15-29-14-17(21)13-16-11-12-24-20-8-4-3-7-19(16)20/h3-4,7-8,11-12,17-18,21H,1-2,5-6,9-10,13-15H2,(H,25,27)(H,26,28). The van der Waals surface area contributed by atoms with Gasteiger partial charge < -0.3 is 15.4 Å². The summed E-state index contributed by atoms with van der Waals surface area (Å²) in [5.41, 5.74) is 2.21. The summed E-state index contributed by atoms with van der Waals surface area (Å²) in [4.78, 5) is 28.9. The molecule has 2 aliphatic rings. The molecule has 29 heavy (non-hydrogen) atoms. The summed E-state index contributed by atoms with van der Waals surface area (Å²) in [5.74, 6) is 0.123. The Hall–Kier alpha value is -2.47. The van der Waals surface area contributed by atoms with Gasteiger partial charge in [-0.2, -0.15) is 0 Å². The lowest BCUT2D eigenvalue weighted by atomic mass is 9.93. The summed E-state index contributed by atoms with van der Waals surface area (Å²) in [5, 5.41) is 7.27. The molecule has 0 bridgehead atoms. The predicted molar refractivity (Wildman–Crippen MR) is 111 cm³/mol. The van der Waals surface area contributed by atoms with E-state index < -0.39 is 0 Å². The molecular weight excluding hydrogens is 366 g/mol. The summed E-state index contributed by atoms with van der Waals surface area (Å²) in [7, 11) is 0. The highest BCUT2D eigenvalue weighted by molar-refractivity contribution is 5.84. The highest BCUT2D eigenvalue weighted by Gasteiger charge is 2.30. The van der Waals surface area contributed by atoms with Crippen molar-refractivity contribution in [3.63, 3.8) is 0 Å². The number of benzene rings is 1. The lowest BCUT2D eigenvalue weighted by Gasteiger charge is -2.20. The van der Waals surface area contributed by atoms with Crippen LogP contribution in [0.25, 0.3) is 10.9 Å². The number of hydrogen-bond donors (Lipinski definition) is 2. The fraction of sp³-hybridized carbons (Fsp3) is 0.522. The summed E-state index contributed by atoms with van der Waals surface area (Å²) in [6, 6.07) is 10.4. The maximum atomic E-state index is 12.4. The van der Waals surface area contributed by atoms with Crippen LogP contribution in [0.4, 0.5) is 0 Å². The van der Waals surface area contributed by atoms with E-state index in [1.165, 1.54) is 18.4 Å². The number of carbonyl (C=O) groups is 2. The topological polar surface area (TPSA) is 80.3 Å². The minimum absolute atomic E-state index is 0.0190. The number of hydrogen-bond acceptors (Lipinski definition) is 4. The second-order valence-electron chi connectivity index (χ2n) is 8.21. The van der Waals surface area contributed by atoms with Crippen molar-refractivity contribution in [1.29, 1.82) is 0 Å². The molecule has 0 spiro atoms. The molecule has 2 atom stereocenters. The molecular formula is C23H29N3O3. The third kappa shape index (κ3) is 5.12. The second-order valence-corrected chi connectivity index (χ2v) is 8.21. The van der Waals surface area contributed by atoms with E-state index in [4.69, 9.17) is 4.74 Å². The zero-order valence-electron chi connectivity index (χ0n) is 16.7. The van der Waals surface area contributed by atoms with Crippen molar-refractivity contribution < 1.29 is 14.3 Å². The molecule has 1 aliphatic carbocycles. The van der Waals surface area contributed by atoms with Crippen molar-refractivity contribution in [2.24, 2.45) is 5.92 Å². The van der Waals surface area contributed by atoms with Crippen LogP contribution in [0.5, 0.6) is 0 Å². The lowest BCUT2D eigenvalue weighted by Crippen LogP contribution is -2.41. The average molecular weight is 396 g/mol. The van der Waals surface area contributed by atoms with Crippen molar-refractivity contribution in [3.05, 3.63) is 42.1 Å². The number of fused-ring (bicyclic) bond motifs is 1.